The molecule has 3 aromatic carbocycles. The highest BCUT2D eigenvalue weighted by molar-refractivity contribution is 6.08. The topological polar surface area (TPSA) is 15.6 Å². The van der Waals surface area contributed by atoms with Gasteiger partial charge in [-0.1, -0.05) is 110 Å². The van der Waals surface area contributed by atoms with Gasteiger partial charge < -0.3 is 4.90 Å². The molecule has 0 spiro atoms. The Balaban J connectivity index is 1.32. The van der Waals surface area contributed by atoms with Crippen LogP contribution in [0.25, 0.3) is 33.5 Å². The van der Waals surface area contributed by atoms with Crippen molar-refractivity contribution in [2.75, 3.05) is 4.90 Å². The largest absolute Gasteiger partial charge is 0.321 e. The Labute approximate surface area is 256 Å². The van der Waals surface area contributed by atoms with Crippen LogP contribution in [0.4, 0.5) is 5.69 Å². The van der Waals surface area contributed by atoms with Gasteiger partial charge in [-0.05, 0) is 107 Å². The summed E-state index contributed by atoms with van der Waals surface area (Å²) in [6.07, 6.45) is 30.3. The summed E-state index contributed by atoms with van der Waals surface area (Å²) in [7, 11) is 0. The van der Waals surface area contributed by atoms with Crippen LogP contribution in [-0.4, -0.2) is 17.9 Å². The van der Waals surface area contributed by atoms with E-state index in [9.17, 15) is 0 Å². The molecule has 0 saturated heterocycles. The van der Waals surface area contributed by atoms with E-state index < -0.39 is 0 Å². The van der Waals surface area contributed by atoms with Crippen LogP contribution in [0.5, 0.6) is 0 Å². The maximum Gasteiger partial charge on any atom is 0.104 e. The van der Waals surface area contributed by atoms with E-state index in [0.29, 0.717) is 0 Å². The van der Waals surface area contributed by atoms with E-state index in [4.69, 9.17) is 4.99 Å². The molecule has 0 bridgehead atoms. The molecule has 2 nitrogen and oxygen atoms in total. The molecular formula is C41H40N2. The zero-order valence-electron chi connectivity index (χ0n) is 25.6. The quantitative estimate of drug-likeness (QED) is 0.293. The molecule has 0 radical (unpaired) electrons. The normalized spacial score (nSPS) is 21.2. The molecule has 1 heterocycles. The number of benzene rings is 3. The highest BCUT2D eigenvalue weighted by Gasteiger charge is 2.34. The highest BCUT2D eigenvalue weighted by Crippen LogP contribution is 2.44. The number of aliphatic imine (C=N–C) groups is 1. The minimum absolute atomic E-state index is 0.205. The maximum atomic E-state index is 5.02. The second kappa shape index (κ2) is 11.7. The summed E-state index contributed by atoms with van der Waals surface area (Å²) >= 11 is 0. The lowest BCUT2D eigenvalue weighted by Crippen LogP contribution is -2.38. The molecule has 1 unspecified atom stereocenters. The van der Waals surface area contributed by atoms with Crippen molar-refractivity contribution >= 4 is 33.9 Å². The zero-order valence-corrected chi connectivity index (χ0v) is 25.6. The lowest BCUT2D eigenvalue weighted by molar-refractivity contribution is 0.739. The van der Waals surface area contributed by atoms with Crippen LogP contribution in [0.3, 0.4) is 0 Å². The van der Waals surface area contributed by atoms with Gasteiger partial charge in [-0.15, -0.1) is 0 Å². The summed E-state index contributed by atoms with van der Waals surface area (Å²) in [5.41, 5.74) is 12.3. The molecule has 7 rings (SSSR count). The molecular weight excluding hydrogens is 520 g/mol. The number of anilines is 1. The van der Waals surface area contributed by atoms with E-state index in [2.05, 4.69) is 141 Å². The standard InChI is InChI=1S/C41H40N2/c1-4-13-34-28(3)40(31-22-20-30(21-23-31)29-14-7-6-8-15-29)35-16-9-10-17-36(35)41(34)32-24-26-33(27-25-32)43-38-19-12-11-18-37(38)42-39(43)5-2/h4,6-7,9-14,16-20,22,24-27,37-38H,5,8,15,21,23H2,1-3H3/b13-4-/t37?,38-/m1/s1. The number of fused-ring (bicyclic) bond motifs is 2. The monoisotopic (exact) mass is 560 g/mol. The molecule has 0 saturated carbocycles. The number of nitrogens with zero attached hydrogens (tertiary/aromatic N) is 2. The fourth-order valence-corrected chi connectivity index (χ4v) is 7.39. The van der Waals surface area contributed by atoms with E-state index in [1.165, 1.54) is 61.0 Å². The SMILES string of the molecule is C/C=C\c1c(C)c(C2=CC=C(C3=CC=CCC3)CC2)c2ccccc2c1-c1ccc(N2C(CC)=NC3C=CC=C[C@H]32)cc1. The van der Waals surface area contributed by atoms with Crippen LogP contribution in [0, 0.1) is 6.92 Å². The van der Waals surface area contributed by atoms with Gasteiger partial charge in [0.15, 0.2) is 0 Å². The Hall–Kier alpha value is -4.43. The van der Waals surface area contributed by atoms with Crippen LogP contribution < -0.4 is 4.90 Å². The van der Waals surface area contributed by atoms with Crippen molar-refractivity contribution < 1.29 is 0 Å². The number of hydrogen-bond acceptors (Lipinski definition) is 2. The van der Waals surface area contributed by atoms with Gasteiger partial charge in [-0.3, -0.25) is 4.99 Å². The van der Waals surface area contributed by atoms with Crippen LogP contribution in [0.2, 0.25) is 0 Å². The van der Waals surface area contributed by atoms with Crippen LogP contribution in [0.15, 0.2) is 125 Å². The Morgan fingerprint density at radius 3 is 2.23 bits per heavy atom. The fraction of sp³-hybridized carbons (Fsp3) is 0.244. The van der Waals surface area contributed by atoms with Gasteiger partial charge in [0, 0.05) is 12.1 Å². The minimum atomic E-state index is 0.205. The first-order chi connectivity index (χ1) is 21.2. The predicted molar refractivity (Wildman–Crippen MR) is 187 cm³/mol. The summed E-state index contributed by atoms with van der Waals surface area (Å²) in [5, 5.41) is 2.66. The molecule has 0 aromatic heterocycles. The summed E-state index contributed by atoms with van der Waals surface area (Å²) in [6, 6.07) is 18.7. The van der Waals surface area contributed by atoms with Gasteiger partial charge in [0.05, 0.1) is 12.1 Å². The van der Waals surface area contributed by atoms with Crippen molar-refractivity contribution in [1.29, 1.82) is 0 Å². The second-order valence-electron chi connectivity index (χ2n) is 11.9. The number of rotatable bonds is 6. The van der Waals surface area contributed by atoms with Crippen molar-refractivity contribution in [1.82, 2.24) is 0 Å². The first kappa shape index (κ1) is 27.4. The third-order valence-corrected chi connectivity index (χ3v) is 9.45. The molecule has 43 heavy (non-hydrogen) atoms. The number of amidine groups is 1. The predicted octanol–water partition coefficient (Wildman–Crippen LogP) is 10.7. The third kappa shape index (κ3) is 4.89. The Kier molecular flexibility index (Phi) is 7.45. The van der Waals surface area contributed by atoms with E-state index in [1.54, 1.807) is 0 Å². The Morgan fingerprint density at radius 2 is 1.53 bits per heavy atom. The van der Waals surface area contributed by atoms with Crippen molar-refractivity contribution in [3.63, 3.8) is 0 Å². The molecule has 214 valence electrons. The molecule has 1 aliphatic heterocycles. The average molecular weight is 561 g/mol. The molecule has 4 aliphatic rings. The van der Waals surface area contributed by atoms with E-state index >= 15 is 0 Å². The number of hydrogen-bond donors (Lipinski definition) is 0. The fourth-order valence-electron chi connectivity index (χ4n) is 7.39. The molecule has 2 atom stereocenters. The van der Waals surface area contributed by atoms with Crippen LogP contribution in [0.1, 0.15) is 62.6 Å². The third-order valence-electron chi connectivity index (χ3n) is 9.45. The molecule has 0 fully saturated rings. The molecule has 2 heteroatoms. The average Bonchev–Trinajstić information content (AvgIpc) is 3.45. The van der Waals surface area contributed by atoms with Crippen molar-refractivity contribution in [3.05, 3.63) is 137 Å². The smallest absolute Gasteiger partial charge is 0.104 e. The summed E-state index contributed by atoms with van der Waals surface area (Å²) in [6.45, 7) is 6.65. The Morgan fingerprint density at radius 1 is 0.814 bits per heavy atom. The maximum absolute atomic E-state index is 5.02. The van der Waals surface area contributed by atoms with E-state index in [-0.39, 0.29) is 12.1 Å². The van der Waals surface area contributed by atoms with Crippen molar-refractivity contribution in [2.45, 2.75) is 65.0 Å². The Bertz CT molecular complexity index is 1820. The summed E-state index contributed by atoms with van der Waals surface area (Å²) in [5.74, 6) is 1.16. The van der Waals surface area contributed by atoms with Gasteiger partial charge in [-0.25, -0.2) is 0 Å². The molecule has 0 N–H and O–H groups in total. The van der Waals surface area contributed by atoms with Crippen molar-refractivity contribution in [2.24, 2.45) is 4.99 Å². The summed E-state index contributed by atoms with van der Waals surface area (Å²) in [4.78, 5) is 7.44. The van der Waals surface area contributed by atoms with E-state index in [1.807, 2.05) is 0 Å². The van der Waals surface area contributed by atoms with Gasteiger partial charge in [0.25, 0.3) is 0 Å². The minimum Gasteiger partial charge on any atom is -0.321 e. The lowest BCUT2D eigenvalue weighted by Gasteiger charge is -2.29. The van der Waals surface area contributed by atoms with E-state index in [0.717, 1.165) is 37.9 Å². The summed E-state index contributed by atoms with van der Waals surface area (Å²) < 4.78 is 0. The molecule has 3 aromatic rings. The van der Waals surface area contributed by atoms with Crippen molar-refractivity contribution in [3.8, 4) is 11.1 Å². The highest BCUT2D eigenvalue weighted by atomic mass is 15.3. The van der Waals surface area contributed by atoms with Gasteiger partial charge in [0.1, 0.15) is 5.84 Å². The van der Waals surface area contributed by atoms with Gasteiger partial charge in [-0.2, -0.15) is 0 Å². The number of allylic oxidation sites excluding steroid dienone is 11. The first-order valence-electron chi connectivity index (χ1n) is 15.9. The van der Waals surface area contributed by atoms with Crippen LogP contribution >= 0.6 is 0 Å². The van der Waals surface area contributed by atoms with Crippen LogP contribution in [-0.2, 0) is 0 Å². The molecule has 3 aliphatic carbocycles. The lowest BCUT2D eigenvalue weighted by atomic mass is 9.80. The van der Waals surface area contributed by atoms with Gasteiger partial charge in [0.2, 0.25) is 0 Å². The second-order valence-corrected chi connectivity index (χ2v) is 11.9. The zero-order chi connectivity index (χ0) is 29.3. The first-order valence-corrected chi connectivity index (χ1v) is 15.9. The van der Waals surface area contributed by atoms with Gasteiger partial charge >= 0.3 is 0 Å². The molecule has 0 amide bonds.